The van der Waals surface area contributed by atoms with E-state index in [1.807, 2.05) is 0 Å². The van der Waals surface area contributed by atoms with Gasteiger partial charge in [-0.2, -0.15) is 0 Å². The third kappa shape index (κ3) is 4.39. The molecule has 2 heteroatoms. The molecule has 1 N–H and O–H groups in total. The van der Waals surface area contributed by atoms with E-state index in [-0.39, 0.29) is 0 Å². The maximum absolute atomic E-state index is 3.56. The van der Waals surface area contributed by atoms with E-state index in [9.17, 15) is 0 Å². The average Bonchev–Trinajstić information content (AvgIpc) is 2.64. The number of benzene rings is 1. The minimum Gasteiger partial charge on any atom is -0.362 e. The van der Waals surface area contributed by atoms with Crippen LogP contribution in [0.15, 0.2) is 30.3 Å². The van der Waals surface area contributed by atoms with Crippen LogP contribution in [0.4, 0.5) is 5.69 Å². The molecule has 140 valence electrons. The van der Waals surface area contributed by atoms with Gasteiger partial charge >= 0.3 is 0 Å². The third-order valence-corrected chi connectivity index (χ3v) is 6.67. The van der Waals surface area contributed by atoms with Gasteiger partial charge in [0.15, 0.2) is 0 Å². The van der Waals surface area contributed by atoms with E-state index in [1.165, 1.54) is 83.0 Å². The first kappa shape index (κ1) is 18.8. The maximum atomic E-state index is 3.56. The molecule has 0 aromatic heterocycles. The second kappa shape index (κ2) is 9.07. The van der Waals surface area contributed by atoms with Crippen molar-refractivity contribution in [2.75, 3.05) is 18.0 Å². The normalized spacial score (nSPS) is 23.4. The molecule has 0 bridgehead atoms. The summed E-state index contributed by atoms with van der Waals surface area (Å²) in [7, 11) is 0. The number of unbranched alkanes of at least 4 members (excludes halogenated alkanes) is 5. The van der Waals surface area contributed by atoms with Crippen LogP contribution < -0.4 is 10.2 Å². The van der Waals surface area contributed by atoms with Gasteiger partial charge in [-0.05, 0) is 56.8 Å². The first-order valence-corrected chi connectivity index (χ1v) is 10.8. The molecule has 2 nitrogen and oxygen atoms in total. The molecular weight excluding hydrogens is 304 g/mol. The van der Waals surface area contributed by atoms with Gasteiger partial charge in [-0.3, -0.25) is 0 Å². The molecule has 0 amide bonds. The summed E-state index contributed by atoms with van der Waals surface area (Å²) in [6.45, 7) is 7.16. The zero-order valence-corrected chi connectivity index (χ0v) is 16.5. The van der Waals surface area contributed by atoms with Crippen molar-refractivity contribution in [1.82, 2.24) is 5.32 Å². The Labute approximate surface area is 155 Å². The standard InChI is InChI=1S/C23H38N2/c1-3-4-5-6-7-9-12-20(2)22-19-23(15-17-24-18-16-23)25(22)21-13-10-8-11-14-21/h8,10-11,13-14,20,22,24H,3-7,9,12,15-19H2,1-2H3. The van der Waals surface area contributed by atoms with Gasteiger partial charge in [0.25, 0.3) is 0 Å². The first-order chi connectivity index (χ1) is 12.3. The van der Waals surface area contributed by atoms with Gasteiger partial charge in [-0.1, -0.05) is 70.6 Å². The van der Waals surface area contributed by atoms with Gasteiger partial charge in [0, 0.05) is 17.3 Å². The van der Waals surface area contributed by atoms with Crippen LogP contribution >= 0.6 is 0 Å². The molecule has 2 atom stereocenters. The van der Waals surface area contributed by atoms with Crippen molar-refractivity contribution in [2.24, 2.45) is 5.92 Å². The van der Waals surface area contributed by atoms with Gasteiger partial charge in [0.1, 0.15) is 0 Å². The first-order valence-electron chi connectivity index (χ1n) is 10.8. The van der Waals surface area contributed by atoms with Crippen LogP contribution in [0.2, 0.25) is 0 Å². The van der Waals surface area contributed by atoms with Crippen molar-refractivity contribution in [1.29, 1.82) is 0 Å². The molecule has 2 aliphatic rings. The minimum absolute atomic E-state index is 0.437. The predicted molar refractivity (Wildman–Crippen MR) is 109 cm³/mol. The molecule has 1 spiro atoms. The Kier molecular flexibility index (Phi) is 6.81. The van der Waals surface area contributed by atoms with Crippen LogP contribution in [0.25, 0.3) is 0 Å². The highest BCUT2D eigenvalue weighted by Gasteiger charge is 2.52. The SMILES string of the molecule is CCCCCCCCC(C)C1CC2(CCNCC2)N1c1ccccc1. The van der Waals surface area contributed by atoms with Crippen LogP contribution in [0.5, 0.6) is 0 Å². The molecule has 0 aliphatic carbocycles. The van der Waals surface area contributed by atoms with Crippen molar-refractivity contribution in [3.63, 3.8) is 0 Å². The van der Waals surface area contributed by atoms with E-state index in [1.54, 1.807) is 0 Å². The fourth-order valence-electron chi connectivity index (χ4n) is 5.10. The van der Waals surface area contributed by atoms with E-state index >= 15 is 0 Å². The molecule has 1 aromatic rings. The van der Waals surface area contributed by atoms with Crippen molar-refractivity contribution < 1.29 is 0 Å². The largest absolute Gasteiger partial charge is 0.362 e. The number of piperidine rings is 1. The van der Waals surface area contributed by atoms with Crippen LogP contribution in [0.3, 0.4) is 0 Å². The van der Waals surface area contributed by atoms with E-state index in [2.05, 4.69) is 54.4 Å². The van der Waals surface area contributed by atoms with Gasteiger partial charge in [0.2, 0.25) is 0 Å². The number of nitrogens with zero attached hydrogens (tertiary/aromatic N) is 1. The summed E-state index contributed by atoms with van der Waals surface area (Å²) in [5.74, 6) is 0.812. The van der Waals surface area contributed by atoms with E-state index in [0.717, 1.165) is 12.0 Å². The van der Waals surface area contributed by atoms with Crippen LogP contribution in [-0.4, -0.2) is 24.7 Å². The Morgan fingerprint density at radius 3 is 2.44 bits per heavy atom. The minimum atomic E-state index is 0.437. The number of hydrogen-bond acceptors (Lipinski definition) is 2. The lowest BCUT2D eigenvalue weighted by Gasteiger charge is -2.63. The summed E-state index contributed by atoms with van der Waals surface area (Å²) >= 11 is 0. The number of nitrogens with one attached hydrogen (secondary N) is 1. The van der Waals surface area contributed by atoms with Crippen molar-refractivity contribution in [2.45, 2.75) is 89.6 Å². The molecule has 2 heterocycles. The zero-order chi connectivity index (χ0) is 17.5. The van der Waals surface area contributed by atoms with Crippen molar-refractivity contribution >= 4 is 5.69 Å². The number of para-hydroxylation sites is 1. The highest BCUT2D eigenvalue weighted by atomic mass is 15.3. The molecule has 0 radical (unpaired) electrons. The summed E-state index contributed by atoms with van der Waals surface area (Å²) in [6, 6.07) is 12.0. The van der Waals surface area contributed by atoms with Crippen LogP contribution in [0, 0.1) is 5.92 Å². The molecule has 2 saturated heterocycles. The second-order valence-electron chi connectivity index (χ2n) is 8.49. The van der Waals surface area contributed by atoms with Crippen LogP contribution in [-0.2, 0) is 0 Å². The smallest absolute Gasteiger partial charge is 0.0449 e. The number of hydrogen-bond donors (Lipinski definition) is 1. The summed E-state index contributed by atoms with van der Waals surface area (Å²) in [5.41, 5.74) is 1.89. The fraction of sp³-hybridized carbons (Fsp3) is 0.739. The topological polar surface area (TPSA) is 15.3 Å². The molecule has 2 unspecified atom stereocenters. The predicted octanol–water partition coefficient (Wildman–Crippen LogP) is 5.77. The van der Waals surface area contributed by atoms with E-state index in [4.69, 9.17) is 0 Å². The average molecular weight is 343 g/mol. The summed E-state index contributed by atoms with van der Waals surface area (Å²) in [4.78, 5) is 2.82. The van der Waals surface area contributed by atoms with E-state index in [0.29, 0.717) is 5.54 Å². The van der Waals surface area contributed by atoms with E-state index < -0.39 is 0 Å². The highest BCUT2D eigenvalue weighted by Crippen LogP contribution is 2.49. The van der Waals surface area contributed by atoms with Crippen molar-refractivity contribution in [3.05, 3.63) is 30.3 Å². The van der Waals surface area contributed by atoms with Gasteiger partial charge < -0.3 is 10.2 Å². The maximum Gasteiger partial charge on any atom is 0.0449 e. The highest BCUT2D eigenvalue weighted by molar-refractivity contribution is 5.54. The Hall–Kier alpha value is -1.02. The Morgan fingerprint density at radius 2 is 1.72 bits per heavy atom. The molecular formula is C23H38N2. The third-order valence-electron chi connectivity index (χ3n) is 6.67. The second-order valence-corrected chi connectivity index (χ2v) is 8.49. The van der Waals surface area contributed by atoms with Crippen LogP contribution in [0.1, 0.15) is 78.1 Å². The monoisotopic (exact) mass is 342 g/mol. The molecule has 2 fully saturated rings. The fourth-order valence-corrected chi connectivity index (χ4v) is 5.10. The molecule has 0 saturated carbocycles. The molecule has 3 rings (SSSR count). The number of anilines is 1. The Balaban J connectivity index is 1.57. The van der Waals surface area contributed by atoms with Crippen molar-refractivity contribution in [3.8, 4) is 0 Å². The zero-order valence-electron chi connectivity index (χ0n) is 16.5. The lowest BCUT2D eigenvalue weighted by molar-refractivity contribution is 0.117. The quantitative estimate of drug-likeness (QED) is 0.573. The molecule has 2 aliphatic heterocycles. The van der Waals surface area contributed by atoms with Gasteiger partial charge in [-0.15, -0.1) is 0 Å². The summed E-state index contributed by atoms with van der Waals surface area (Å²) in [6.07, 6.45) is 13.9. The molecule has 25 heavy (non-hydrogen) atoms. The van der Waals surface area contributed by atoms with Gasteiger partial charge in [-0.25, -0.2) is 0 Å². The van der Waals surface area contributed by atoms with Gasteiger partial charge in [0.05, 0.1) is 0 Å². The lowest BCUT2D eigenvalue weighted by Crippen LogP contribution is -2.70. The summed E-state index contributed by atoms with van der Waals surface area (Å²) in [5, 5.41) is 3.56. The Morgan fingerprint density at radius 1 is 1.04 bits per heavy atom. The molecule has 1 aromatic carbocycles. The number of rotatable bonds is 9. The summed E-state index contributed by atoms with van der Waals surface area (Å²) < 4.78 is 0. The lowest BCUT2D eigenvalue weighted by atomic mass is 9.67. The Bertz CT molecular complexity index is 492.